The highest BCUT2D eigenvalue weighted by atomic mass is 79.9. The maximum atomic E-state index is 14.1. The molecule has 0 fully saturated rings. The molecule has 3 aromatic carbocycles. The average Bonchev–Trinajstić information content (AvgIpc) is 3.30. The Labute approximate surface area is 267 Å². The third-order valence-corrected chi connectivity index (χ3v) is 8.89. The minimum Gasteiger partial charge on any atom is -0.493 e. The van der Waals surface area contributed by atoms with Gasteiger partial charge in [-0.05, 0) is 76.7 Å². The number of fused-ring (bicyclic) bond motifs is 1. The number of benzene rings is 3. The van der Waals surface area contributed by atoms with Crippen LogP contribution in [0.2, 0.25) is 0 Å². The highest BCUT2D eigenvalue weighted by molar-refractivity contribution is 9.10. The molecule has 1 aromatic heterocycles. The number of aromatic nitrogens is 1. The molecule has 0 radical (unpaired) electrons. The van der Waals surface area contributed by atoms with Gasteiger partial charge in [0, 0.05) is 5.56 Å². The fourth-order valence-electron chi connectivity index (χ4n) is 5.05. The molecule has 0 bridgehead atoms. The summed E-state index contributed by atoms with van der Waals surface area (Å²) in [6.45, 7) is 7.96. The van der Waals surface area contributed by atoms with Gasteiger partial charge in [-0.25, -0.2) is 14.2 Å². The maximum Gasteiger partial charge on any atom is 0.338 e. The fourth-order valence-corrected chi connectivity index (χ4v) is 6.67. The summed E-state index contributed by atoms with van der Waals surface area (Å²) in [5.74, 6) is 0.304. The van der Waals surface area contributed by atoms with Crippen LogP contribution in [0, 0.1) is 5.82 Å². The van der Waals surface area contributed by atoms with Crippen molar-refractivity contribution in [3.8, 4) is 11.5 Å². The van der Waals surface area contributed by atoms with Gasteiger partial charge >= 0.3 is 5.97 Å². The van der Waals surface area contributed by atoms with Gasteiger partial charge in [0.25, 0.3) is 5.56 Å². The van der Waals surface area contributed by atoms with Gasteiger partial charge in [-0.2, -0.15) is 0 Å². The third kappa shape index (κ3) is 6.27. The van der Waals surface area contributed by atoms with E-state index in [2.05, 4.69) is 34.8 Å². The van der Waals surface area contributed by atoms with Crippen LogP contribution >= 0.6 is 27.3 Å². The fraction of sp³-hybridized carbons (Fsp3) is 0.265. The minimum atomic E-state index is -0.691. The predicted octanol–water partition coefficient (Wildman–Crippen LogP) is 6.41. The standard InChI is InChI=1S/C34H32BrFN2O5S/c1-6-42-33(40)29-20(4)37-34-38(30(29)23-13-11-22(12-14-23)19(2)3)32(39)28(44-34)17-21-15-25(35)31(27(16-21)41-5)43-18-24-9-7-8-10-26(24)36/h7-17,19,30H,6,18H2,1-5H3/b28-17+/t30-/m0/s1. The Bertz CT molecular complexity index is 1930. The lowest BCUT2D eigenvalue weighted by Gasteiger charge is -2.25. The maximum absolute atomic E-state index is 14.1. The molecular weight excluding hydrogens is 647 g/mol. The Morgan fingerprint density at radius 2 is 1.89 bits per heavy atom. The van der Waals surface area contributed by atoms with Gasteiger partial charge in [-0.1, -0.05) is 67.6 Å². The van der Waals surface area contributed by atoms with Gasteiger partial charge in [-0.3, -0.25) is 9.36 Å². The number of ether oxygens (including phenoxy) is 3. The van der Waals surface area contributed by atoms with Crippen molar-refractivity contribution in [1.82, 2.24) is 4.57 Å². The molecular formula is C34H32BrFN2O5S. The van der Waals surface area contributed by atoms with E-state index < -0.39 is 12.0 Å². The molecule has 5 rings (SSSR count). The number of allylic oxidation sites excluding steroid dienone is 1. The Balaban J connectivity index is 1.58. The van der Waals surface area contributed by atoms with E-state index in [9.17, 15) is 14.0 Å². The molecule has 0 spiro atoms. The van der Waals surface area contributed by atoms with E-state index in [4.69, 9.17) is 14.2 Å². The predicted molar refractivity (Wildman–Crippen MR) is 172 cm³/mol. The molecule has 0 saturated heterocycles. The zero-order valence-corrected chi connectivity index (χ0v) is 27.4. The largest absolute Gasteiger partial charge is 0.493 e. The lowest BCUT2D eigenvalue weighted by molar-refractivity contribution is -0.139. The second-order valence-electron chi connectivity index (χ2n) is 10.5. The normalized spacial score (nSPS) is 14.8. The summed E-state index contributed by atoms with van der Waals surface area (Å²) < 4.78 is 33.6. The lowest BCUT2D eigenvalue weighted by atomic mass is 9.93. The van der Waals surface area contributed by atoms with E-state index in [0.717, 1.165) is 11.1 Å². The number of thiazole rings is 1. The number of esters is 1. The minimum absolute atomic E-state index is 0.0138. The number of halogens is 2. The van der Waals surface area contributed by atoms with Crippen LogP contribution in [0.1, 0.15) is 61.9 Å². The molecule has 0 N–H and O–H groups in total. The Kier molecular flexibility index (Phi) is 9.51. The molecule has 0 saturated carbocycles. The molecule has 2 heterocycles. The first-order valence-electron chi connectivity index (χ1n) is 14.2. The van der Waals surface area contributed by atoms with Crippen molar-refractivity contribution in [3.05, 3.63) is 124 Å². The summed E-state index contributed by atoms with van der Waals surface area (Å²) >= 11 is 4.79. The van der Waals surface area contributed by atoms with Crippen molar-refractivity contribution in [3.63, 3.8) is 0 Å². The van der Waals surface area contributed by atoms with Crippen molar-refractivity contribution in [2.45, 2.75) is 46.3 Å². The van der Waals surface area contributed by atoms with Crippen molar-refractivity contribution in [2.24, 2.45) is 4.99 Å². The molecule has 44 heavy (non-hydrogen) atoms. The molecule has 7 nitrogen and oxygen atoms in total. The molecule has 1 atom stereocenters. The number of rotatable bonds is 9. The van der Waals surface area contributed by atoms with Crippen LogP contribution in [0.5, 0.6) is 11.5 Å². The summed E-state index contributed by atoms with van der Waals surface area (Å²) in [5.41, 5.74) is 3.60. The summed E-state index contributed by atoms with van der Waals surface area (Å²) in [7, 11) is 1.51. The van der Waals surface area contributed by atoms with Crippen molar-refractivity contribution in [2.75, 3.05) is 13.7 Å². The van der Waals surface area contributed by atoms with Crippen LogP contribution in [0.3, 0.4) is 0 Å². The highest BCUT2D eigenvalue weighted by Crippen LogP contribution is 2.38. The molecule has 10 heteroatoms. The third-order valence-electron chi connectivity index (χ3n) is 7.32. The summed E-state index contributed by atoms with van der Waals surface area (Å²) in [4.78, 5) is 32.3. The Hall–Kier alpha value is -4.02. The number of hydrogen-bond acceptors (Lipinski definition) is 7. The van der Waals surface area contributed by atoms with Crippen molar-refractivity contribution >= 4 is 39.3 Å². The van der Waals surface area contributed by atoms with Crippen LogP contribution in [0.15, 0.2) is 86.2 Å². The number of hydrogen-bond donors (Lipinski definition) is 0. The van der Waals surface area contributed by atoms with Crippen molar-refractivity contribution in [1.29, 1.82) is 0 Å². The molecule has 4 aromatic rings. The van der Waals surface area contributed by atoms with E-state index in [1.54, 1.807) is 54.8 Å². The van der Waals surface area contributed by atoms with E-state index in [1.165, 1.54) is 24.5 Å². The second-order valence-corrected chi connectivity index (χ2v) is 12.4. The average molecular weight is 680 g/mol. The number of carbonyl (C=O) groups excluding carboxylic acids is 1. The number of nitrogens with zero attached hydrogens (tertiary/aromatic N) is 2. The smallest absolute Gasteiger partial charge is 0.338 e. The van der Waals surface area contributed by atoms with E-state index in [0.29, 0.717) is 53.6 Å². The van der Waals surface area contributed by atoms with Crippen molar-refractivity contribution < 1.29 is 23.4 Å². The summed E-state index contributed by atoms with van der Waals surface area (Å²) in [6.07, 6.45) is 1.75. The molecule has 0 unspecified atom stereocenters. The van der Waals surface area contributed by atoms with Gasteiger partial charge in [0.15, 0.2) is 16.3 Å². The first-order chi connectivity index (χ1) is 21.1. The number of carbonyl (C=O) groups is 1. The van der Waals surface area contributed by atoms with Crippen LogP contribution in [0.25, 0.3) is 6.08 Å². The van der Waals surface area contributed by atoms with Crippen LogP contribution in [-0.4, -0.2) is 24.3 Å². The summed E-state index contributed by atoms with van der Waals surface area (Å²) in [5, 5.41) is 0. The quantitative estimate of drug-likeness (QED) is 0.191. The van der Waals surface area contributed by atoms with Gasteiger partial charge in [0.2, 0.25) is 0 Å². The molecule has 0 amide bonds. The Morgan fingerprint density at radius 3 is 2.55 bits per heavy atom. The highest BCUT2D eigenvalue weighted by Gasteiger charge is 2.33. The first kappa shape index (κ1) is 31.4. The zero-order valence-electron chi connectivity index (χ0n) is 25.0. The monoisotopic (exact) mass is 678 g/mol. The summed E-state index contributed by atoms with van der Waals surface area (Å²) in [6, 6.07) is 17.2. The van der Waals surface area contributed by atoms with E-state index in [1.807, 2.05) is 24.3 Å². The van der Waals surface area contributed by atoms with Crippen LogP contribution in [0.4, 0.5) is 4.39 Å². The van der Waals surface area contributed by atoms with Gasteiger partial charge in [-0.15, -0.1) is 0 Å². The van der Waals surface area contributed by atoms with Gasteiger partial charge in [0.05, 0.1) is 40.0 Å². The number of methoxy groups -OCH3 is 1. The van der Waals surface area contributed by atoms with E-state index in [-0.39, 0.29) is 24.6 Å². The molecule has 0 aliphatic carbocycles. The van der Waals surface area contributed by atoms with Crippen LogP contribution in [-0.2, 0) is 16.1 Å². The topological polar surface area (TPSA) is 79.1 Å². The molecule has 1 aliphatic rings. The zero-order chi connectivity index (χ0) is 31.5. The SMILES string of the molecule is CCOC(=O)C1=C(C)N=c2s/c(=C/c3cc(Br)c(OCc4ccccc4F)c(OC)c3)c(=O)n2[C@H]1c1ccc(C(C)C)cc1. The Morgan fingerprint density at radius 1 is 1.16 bits per heavy atom. The van der Waals surface area contributed by atoms with Gasteiger partial charge < -0.3 is 14.2 Å². The lowest BCUT2D eigenvalue weighted by Crippen LogP contribution is -2.39. The second kappa shape index (κ2) is 13.3. The molecule has 1 aliphatic heterocycles. The first-order valence-corrected chi connectivity index (χ1v) is 15.8. The van der Waals surface area contributed by atoms with Gasteiger partial charge in [0.1, 0.15) is 12.4 Å². The van der Waals surface area contributed by atoms with E-state index >= 15 is 0 Å². The molecule has 228 valence electrons. The van der Waals surface area contributed by atoms with Crippen LogP contribution < -0.4 is 24.4 Å².